The van der Waals surface area contributed by atoms with Gasteiger partial charge < -0.3 is 9.47 Å². The quantitative estimate of drug-likeness (QED) is 0.816. The monoisotopic (exact) mass is 235 g/mol. The van der Waals surface area contributed by atoms with Gasteiger partial charge in [0.15, 0.2) is 0 Å². The molecular weight excluding hydrogens is 226 g/mol. The lowest BCUT2D eigenvalue weighted by molar-refractivity contribution is 0.395. The van der Waals surface area contributed by atoms with Gasteiger partial charge in [0.25, 0.3) is 0 Å². The SMILES string of the molecule is COc1ccc(Oc2ccccc2Cl)cn1. The van der Waals surface area contributed by atoms with Crippen molar-refractivity contribution in [3.63, 3.8) is 0 Å². The molecule has 4 heteroatoms. The molecule has 1 heterocycles. The second-order valence-corrected chi connectivity index (χ2v) is 3.48. The van der Waals surface area contributed by atoms with Crippen LogP contribution in [-0.2, 0) is 0 Å². The number of para-hydroxylation sites is 1. The van der Waals surface area contributed by atoms with E-state index in [1.807, 2.05) is 12.1 Å². The van der Waals surface area contributed by atoms with Crippen molar-refractivity contribution in [2.75, 3.05) is 7.11 Å². The molecule has 0 amide bonds. The smallest absolute Gasteiger partial charge is 0.213 e. The van der Waals surface area contributed by atoms with Gasteiger partial charge in [0.05, 0.1) is 18.3 Å². The molecule has 0 aliphatic rings. The number of methoxy groups -OCH3 is 1. The van der Waals surface area contributed by atoms with Crippen LogP contribution in [-0.4, -0.2) is 12.1 Å². The Kier molecular flexibility index (Phi) is 3.27. The highest BCUT2D eigenvalue weighted by molar-refractivity contribution is 6.32. The van der Waals surface area contributed by atoms with Crippen LogP contribution in [0.5, 0.6) is 17.4 Å². The van der Waals surface area contributed by atoms with Gasteiger partial charge in [0, 0.05) is 6.07 Å². The number of hydrogen-bond donors (Lipinski definition) is 0. The first kappa shape index (κ1) is 10.8. The number of rotatable bonds is 3. The Morgan fingerprint density at radius 2 is 1.94 bits per heavy atom. The Morgan fingerprint density at radius 3 is 2.56 bits per heavy atom. The molecule has 82 valence electrons. The summed E-state index contributed by atoms with van der Waals surface area (Å²) < 4.78 is 10.5. The van der Waals surface area contributed by atoms with E-state index >= 15 is 0 Å². The zero-order valence-corrected chi connectivity index (χ0v) is 9.44. The molecule has 1 aromatic carbocycles. The average molecular weight is 236 g/mol. The van der Waals surface area contributed by atoms with E-state index in [-0.39, 0.29) is 0 Å². The molecule has 0 bridgehead atoms. The number of nitrogens with zero attached hydrogens (tertiary/aromatic N) is 1. The van der Waals surface area contributed by atoms with E-state index in [0.29, 0.717) is 22.4 Å². The van der Waals surface area contributed by atoms with E-state index in [9.17, 15) is 0 Å². The maximum absolute atomic E-state index is 5.96. The van der Waals surface area contributed by atoms with Crippen molar-refractivity contribution in [1.29, 1.82) is 0 Å². The van der Waals surface area contributed by atoms with Gasteiger partial charge in [-0.05, 0) is 18.2 Å². The summed E-state index contributed by atoms with van der Waals surface area (Å²) >= 11 is 5.96. The normalized spacial score (nSPS) is 9.88. The summed E-state index contributed by atoms with van der Waals surface area (Å²) in [6.07, 6.45) is 1.59. The van der Waals surface area contributed by atoms with Gasteiger partial charge in [0.2, 0.25) is 5.88 Å². The summed E-state index contributed by atoms with van der Waals surface area (Å²) in [7, 11) is 1.57. The molecule has 2 rings (SSSR count). The molecule has 1 aromatic heterocycles. The summed E-state index contributed by atoms with van der Waals surface area (Å²) in [6, 6.07) is 10.8. The number of halogens is 1. The van der Waals surface area contributed by atoms with Crippen LogP contribution in [0.15, 0.2) is 42.6 Å². The second-order valence-electron chi connectivity index (χ2n) is 3.07. The minimum atomic E-state index is 0.548. The Labute approximate surface area is 98.6 Å². The van der Waals surface area contributed by atoms with Crippen LogP contribution in [0.4, 0.5) is 0 Å². The molecule has 0 N–H and O–H groups in total. The van der Waals surface area contributed by atoms with Crippen molar-refractivity contribution >= 4 is 11.6 Å². The maximum Gasteiger partial charge on any atom is 0.213 e. The summed E-state index contributed by atoms with van der Waals surface area (Å²) in [5.41, 5.74) is 0. The molecule has 0 fully saturated rings. The lowest BCUT2D eigenvalue weighted by Gasteiger charge is -2.06. The first-order chi connectivity index (χ1) is 7.79. The third kappa shape index (κ3) is 2.44. The van der Waals surface area contributed by atoms with E-state index in [0.717, 1.165) is 0 Å². The Hall–Kier alpha value is -1.74. The zero-order valence-electron chi connectivity index (χ0n) is 8.68. The fourth-order valence-electron chi connectivity index (χ4n) is 1.20. The Bertz CT molecular complexity index is 471. The standard InChI is InChI=1S/C12H10ClNO2/c1-15-12-7-6-9(8-14-12)16-11-5-3-2-4-10(11)13/h2-8H,1H3. The van der Waals surface area contributed by atoms with Crippen LogP contribution in [0.2, 0.25) is 5.02 Å². The van der Waals surface area contributed by atoms with Gasteiger partial charge in [-0.2, -0.15) is 0 Å². The van der Waals surface area contributed by atoms with Crippen molar-refractivity contribution in [3.8, 4) is 17.4 Å². The number of ether oxygens (including phenoxy) is 2. The summed E-state index contributed by atoms with van der Waals surface area (Å²) in [5.74, 6) is 1.77. The fraction of sp³-hybridized carbons (Fsp3) is 0.0833. The van der Waals surface area contributed by atoms with E-state index in [1.165, 1.54) is 0 Å². The molecule has 16 heavy (non-hydrogen) atoms. The van der Waals surface area contributed by atoms with Crippen molar-refractivity contribution in [1.82, 2.24) is 4.98 Å². The highest BCUT2D eigenvalue weighted by Gasteiger charge is 2.02. The lowest BCUT2D eigenvalue weighted by Crippen LogP contribution is -1.89. The number of aromatic nitrogens is 1. The highest BCUT2D eigenvalue weighted by atomic mass is 35.5. The van der Waals surface area contributed by atoms with Crippen molar-refractivity contribution in [2.45, 2.75) is 0 Å². The molecule has 0 saturated carbocycles. The van der Waals surface area contributed by atoms with Gasteiger partial charge in [0.1, 0.15) is 11.5 Å². The Balaban J connectivity index is 2.18. The molecule has 2 aromatic rings. The predicted octanol–water partition coefficient (Wildman–Crippen LogP) is 3.54. The largest absolute Gasteiger partial charge is 0.481 e. The van der Waals surface area contributed by atoms with Crippen molar-refractivity contribution < 1.29 is 9.47 Å². The van der Waals surface area contributed by atoms with Crippen LogP contribution in [0.25, 0.3) is 0 Å². The number of benzene rings is 1. The average Bonchev–Trinajstić information content (AvgIpc) is 2.33. The first-order valence-electron chi connectivity index (χ1n) is 4.72. The van der Waals surface area contributed by atoms with Crippen LogP contribution >= 0.6 is 11.6 Å². The van der Waals surface area contributed by atoms with Crippen LogP contribution in [0, 0.1) is 0 Å². The summed E-state index contributed by atoms with van der Waals surface area (Å²) in [5, 5.41) is 0.568. The topological polar surface area (TPSA) is 31.4 Å². The van der Waals surface area contributed by atoms with Gasteiger partial charge >= 0.3 is 0 Å². The molecular formula is C12H10ClNO2. The minimum absolute atomic E-state index is 0.548. The van der Waals surface area contributed by atoms with Gasteiger partial charge in [-0.3, -0.25) is 0 Å². The van der Waals surface area contributed by atoms with Crippen LogP contribution < -0.4 is 9.47 Å². The second kappa shape index (κ2) is 4.86. The molecule has 0 aliphatic carbocycles. The zero-order chi connectivity index (χ0) is 11.4. The van der Waals surface area contributed by atoms with E-state index in [1.54, 1.807) is 37.6 Å². The third-order valence-corrected chi connectivity index (χ3v) is 2.30. The van der Waals surface area contributed by atoms with Gasteiger partial charge in [-0.1, -0.05) is 23.7 Å². The van der Waals surface area contributed by atoms with Crippen molar-refractivity contribution in [3.05, 3.63) is 47.6 Å². The Morgan fingerprint density at radius 1 is 1.12 bits per heavy atom. The molecule has 0 radical (unpaired) electrons. The molecule has 0 saturated heterocycles. The van der Waals surface area contributed by atoms with Crippen LogP contribution in [0.1, 0.15) is 0 Å². The fourth-order valence-corrected chi connectivity index (χ4v) is 1.38. The van der Waals surface area contributed by atoms with Crippen LogP contribution in [0.3, 0.4) is 0 Å². The predicted molar refractivity (Wildman–Crippen MR) is 62.3 cm³/mol. The highest BCUT2D eigenvalue weighted by Crippen LogP contribution is 2.28. The van der Waals surface area contributed by atoms with E-state index in [4.69, 9.17) is 21.1 Å². The molecule has 0 aliphatic heterocycles. The molecule has 0 spiro atoms. The molecule has 0 atom stereocenters. The van der Waals surface area contributed by atoms with E-state index in [2.05, 4.69) is 4.98 Å². The van der Waals surface area contributed by atoms with E-state index < -0.39 is 0 Å². The number of pyridine rings is 1. The number of hydrogen-bond acceptors (Lipinski definition) is 3. The van der Waals surface area contributed by atoms with Gasteiger partial charge in [-0.15, -0.1) is 0 Å². The minimum Gasteiger partial charge on any atom is -0.481 e. The molecule has 0 unspecified atom stereocenters. The van der Waals surface area contributed by atoms with Gasteiger partial charge in [-0.25, -0.2) is 4.98 Å². The maximum atomic E-state index is 5.96. The lowest BCUT2D eigenvalue weighted by atomic mass is 10.3. The van der Waals surface area contributed by atoms with Crippen molar-refractivity contribution in [2.24, 2.45) is 0 Å². The summed E-state index contributed by atoms with van der Waals surface area (Å²) in [6.45, 7) is 0. The molecule has 3 nitrogen and oxygen atoms in total. The third-order valence-electron chi connectivity index (χ3n) is 1.98. The summed E-state index contributed by atoms with van der Waals surface area (Å²) in [4.78, 5) is 4.03. The first-order valence-corrected chi connectivity index (χ1v) is 5.10.